The molecule has 1 fully saturated rings. The summed E-state index contributed by atoms with van der Waals surface area (Å²) in [4.78, 5) is 37.2. The quantitative estimate of drug-likeness (QED) is 0.656. The highest BCUT2D eigenvalue weighted by atomic mass is 35.5. The summed E-state index contributed by atoms with van der Waals surface area (Å²) in [7, 11) is 0. The maximum atomic E-state index is 12.7. The molecular weight excluding hydrogens is 392 g/mol. The average molecular weight is 411 g/mol. The number of aromatic nitrogens is 4. The average Bonchev–Trinajstić information content (AvgIpc) is 2.76. The maximum absolute atomic E-state index is 12.7. The van der Waals surface area contributed by atoms with Crippen molar-refractivity contribution in [2.24, 2.45) is 0 Å². The smallest absolute Gasteiger partial charge is 0.292 e. The number of halogens is 1. The summed E-state index contributed by atoms with van der Waals surface area (Å²) in [5.74, 6) is -0.152. The molecule has 0 N–H and O–H groups in total. The Labute approximate surface area is 172 Å². The molecule has 4 rings (SSSR count). The Morgan fingerprint density at radius 3 is 2.38 bits per heavy atom. The van der Waals surface area contributed by atoms with E-state index in [9.17, 15) is 9.59 Å². The second-order valence-corrected chi connectivity index (χ2v) is 7.10. The molecule has 1 amide bonds. The predicted octanol–water partition coefficient (Wildman–Crippen LogP) is 1.95. The van der Waals surface area contributed by atoms with Crippen LogP contribution in [0.2, 0.25) is 5.02 Å². The summed E-state index contributed by atoms with van der Waals surface area (Å²) in [6.45, 7) is 3.89. The van der Waals surface area contributed by atoms with Gasteiger partial charge < -0.3 is 9.80 Å². The zero-order valence-electron chi connectivity index (χ0n) is 15.8. The molecule has 0 atom stereocenters. The van der Waals surface area contributed by atoms with E-state index in [1.54, 1.807) is 29.4 Å². The Hall–Kier alpha value is -3.26. The van der Waals surface area contributed by atoms with Crippen molar-refractivity contribution in [1.82, 2.24) is 24.6 Å². The molecule has 1 saturated heterocycles. The van der Waals surface area contributed by atoms with Crippen molar-refractivity contribution in [3.63, 3.8) is 0 Å². The summed E-state index contributed by atoms with van der Waals surface area (Å²) in [5.41, 5.74) is 1.95. The van der Waals surface area contributed by atoms with Gasteiger partial charge >= 0.3 is 0 Å². The number of para-hydroxylation sites is 1. The van der Waals surface area contributed by atoms with Gasteiger partial charge in [-0.25, -0.2) is 4.98 Å². The molecule has 2 aromatic heterocycles. The summed E-state index contributed by atoms with van der Waals surface area (Å²) < 4.78 is 1.28. The van der Waals surface area contributed by atoms with Gasteiger partial charge in [-0.15, -0.1) is 0 Å². The minimum Gasteiger partial charge on any atom is -0.365 e. The van der Waals surface area contributed by atoms with Crippen molar-refractivity contribution in [3.8, 4) is 5.69 Å². The van der Waals surface area contributed by atoms with E-state index < -0.39 is 0 Å². The first-order valence-electron chi connectivity index (χ1n) is 9.21. The van der Waals surface area contributed by atoms with Gasteiger partial charge in [0.25, 0.3) is 11.5 Å². The molecule has 0 saturated carbocycles. The zero-order valence-corrected chi connectivity index (χ0v) is 16.6. The molecule has 1 aliphatic rings. The molecule has 0 radical (unpaired) electrons. The lowest BCUT2D eigenvalue weighted by atomic mass is 10.2. The summed E-state index contributed by atoms with van der Waals surface area (Å²) >= 11 is 6.38. The lowest BCUT2D eigenvalue weighted by Gasteiger charge is -2.36. The van der Waals surface area contributed by atoms with E-state index in [-0.39, 0.29) is 16.5 Å². The highest BCUT2D eigenvalue weighted by Gasteiger charge is 2.25. The highest BCUT2D eigenvalue weighted by Crippen LogP contribution is 2.23. The second-order valence-electron chi connectivity index (χ2n) is 6.72. The number of piperazine rings is 1. The fourth-order valence-electron chi connectivity index (χ4n) is 3.21. The Kier molecular flexibility index (Phi) is 5.26. The SMILES string of the molecule is Cc1cnc(C(=O)N2CCN(c3cnn(-c4ccccc4)c(=O)c3Cl)CC2)cn1. The van der Waals surface area contributed by atoms with E-state index >= 15 is 0 Å². The van der Waals surface area contributed by atoms with Crippen LogP contribution in [-0.4, -0.2) is 56.7 Å². The molecule has 0 spiro atoms. The Bertz CT molecular complexity index is 1080. The van der Waals surface area contributed by atoms with E-state index in [1.807, 2.05) is 30.0 Å². The first kappa shape index (κ1) is 19.1. The van der Waals surface area contributed by atoms with Gasteiger partial charge in [0, 0.05) is 32.4 Å². The van der Waals surface area contributed by atoms with Crippen molar-refractivity contribution in [2.75, 3.05) is 31.1 Å². The molecule has 8 nitrogen and oxygen atoms in total. The van der Waals surface area contributed by atoms with E-state index in [1.165, 1.54) is 10.9 Å². The van der Waals surface area contributed by atoms with Gasteiger partial charge in [0.2, 0.25) is 0 Å². The maximum Gasteiger partial charge on any atom is 0.292 e. The van der Waals surface area contributed by atoms with Crippen molar-refractivity contribution in [1.29, 1.82) is 0 Å². The monoisotopic (exact) mass is 410 g/mol. The fraction of sp³-hybridized carbons (Fsp3) is 0.250. The molecular formula is C20H19ClN6O2. The van der Waals surface area contributed by atoms with Gasteiger partial charge in [0.15, 0.2) is 0 Å². The molecule has 0 unspecified atom stereocenters. The van der Waals surface area contributed by atoms with Crippen LogP contribution in [0.15, 0.2) is 53.7 Å². The molecule has 1 aliphatic heterocycles. The number of anilines is 1. The van der Waals surface area contributed by atoms with E-state index in [0.29, 0.717) is 43.2 Å². The number of hydrogen-bond donors (Lipinski definition) is 0. The van der Waals surface area contributed by atoms with Gasteiger partial charge in [-0.1, -0.05) is 29.8 Å². The Balaban J connectivity index is 1.49. The van der Waals surface area contributed by atoms with E-state index in [0.717, 1.165) is 5.69 Å². The zero-order chi connectivity index (χ0) is 20.4. The van der Waals surface area contributed by atoms with Crippen LogP contribution in [0.3, 0.4) is 0 Å². The van der Waals surface area contributed by atoms with Gasteiger partial charge in [0.05, 0.1) is 29.5 Å². The first-order valence-corrected chi connectivity index (χ1v) is 9.58. The highest BCUT2D eigenvalue weighted by molar-refractivity contribution is 6.33. The largest absolute Gasteiger partial charge is 0.365 e. The van der Waals surface area contributed by atoms with Crippen LogP contribution >= 0.6 is 11.6 Å². The number of carbonyl (C=O) groups excluding carboxylic acids is 1. The number of amides is 1. The summed E-state index contributed by atoms with van der Waals surface area (Å²) in [6.07, 6.45) is 4.67. The van der Waals surface area contributed by atoms with Crippen LogP contribution in [-0.2, 0) is 0 Å². The normalized spacial score (nSPS) is 14.1. The number of hydrogen-bond acceptors (Lipinski definition) is 6. The minimum absolute atomic E-state index is 0.119. The van der Waals surface area contributed by atoms with Crippen molar-refractivity contribution in [2.45, 2.75) is 6.92 Å². The standard InChI is InChI=1S/C20H19ClN6O2/c1-14-11-23-16(12-22-14)19(28)26-9-7-25(8-10-26)17-13-24-27(20(29)18(17)21)15-5-3-2-4-6-15/h2-6,11-13H,7-10H2,1H3. The van der Waals surface area contributed by atoms with E-state index in [4.69, 9.17) is 11.6 Å². The van der Waals surface area contributed by atoms with Crippen molar-refractivity contribution in [3.05, 3.63) is 75.7 Å². The molecule has 29 heavy (non-hydrogen) atoms. The third-order valence-corrected chi connectivity index (χ3v) is 5.16. The number of carbonyl (C=O) groups is 1. The number of rotatable bonds is 3. The van der Waals surface area contributed by atoms with Gasteiger partial charge in [-0.3, -0.25) is 14.6 Å². The third-order valence-electron chi connectivity index (χ3n) is 4.81. The van der Waals surface area contributed by atoms with Gasteiger partial charge in [-0.2, -0.15) is 9.78 Å². The molecule has 148 valence electrons. The molecule has 0 bridgehead atoms. The van der Waals surface area contributed by atoms with Crippen LogP contribution in [0.25, 0.3) is 5.69 Å². The molecule has 9 heteroatoms. The Morgan fingerprint density at radius 2 is 1.72 bits per heavy atom. The fourth-order valence-corrected chi connectivity index (χ4v) is 3.46. The lowest BCUT2D eigenvalue weighted by molar-refractivity contribution is 0.0740. The third kappa shape index (κ3) is 3.84. The number of nitrogens with zero attached hydrogens (tertiary/aromatic N) is 6. The molecule has 3 aromatic rings. The van der Waals surface area contributed by atoms with Crippen molar-refractivity contribution < 1.29 is 4.79 Å². The number of aryl methyl sites for hydroxylation is 1. The van der Waals surface area contributed by atoms with Crippen LogP contribution in [0.1, 0.15) is 16.2 Å². The second kappa shape index (κ2) is 8.00. The van der Waals surface area contributed by atoms with E-state index in [2.05, 4.69) is 15.1 Å². The summed E-state index contributed by atoms with van der Waals surface area (Å²) in [5, 5.41) is 4.39. The molecule has 1 aromatic carbocycles. The van der Waals surface area contributed by atoms with Gasteiger partial charge in [-0.05, 0) is 19.1 Å². The number of benzene rings is 1. The minimum atomic E-state index is -0.371. The molecule has 0 aliphatic carbocycles. The summed E-state index contributed by atoms with van der Waals surface area (Å²) in [6, 6.07) is 9.12. The predicted molar refractivity (Wildman–Crippen MR) is 110 cm³/mol. The van der Waals surface area contributed by atoms with Gasteiger partial charge in [0.1, 0.15) is 10.7 Å². The van der Waals surface area contributed by atoms with Crippen LogP contribution in [0, 0.1) is 6.92 Å². The van der Waals surface area contributed by atoms with Crippen LogP contribution in [0.4, 0.5) is 5.69 Å². The topological polar surface area (TPSA) is 84.2 Å². The lowest BCUT2D eigenvalue weighted by Crippen LogP contribution is -2.49. The van der Waals surface area contributed by atoms with Crippen LogP contribution < -0.4 is 10.5 Å². The molecule has 3 heterocycles. The first-order chi connectivity index (χ1) is 14.0. The van der Waals surface area contributed by atoms with Crippen LogP contribution in [0.5, 0.6) is 0 Å². The Morgan fingerprint density at radius 1 is 1.00 bits per heavy atom. The van der Waals surface area contributed by atoms with Crippen molar-refractivity contribution >= 4 is 23.2 Å².